The third kappa shape index (κ3) is 3.51. The van der Waals surface area contributed by atoms with Crippen molar-refractivity contribution in [2.75, 3.05) is 13.1 Å². The second-order valence-corrected chi connectivity index (χ2v) is 6.56. The van der Waals surface area contributed by atoms with Crippen molar-refractivity contribution < 1.29 is 9.50 Å². The number of benzene rings is 1. The van der Waals surface area contributed by atoms with E-state index in [0.29, 0.717) is 11.4 Å². The fraction of sp³-hybridized carbons (Fsp3) is 0.625. The minimum Gasteiger partial charge on any atom is -0.391 e. The average Bonchev–Trinajstić information content (AvgIpc) is 2.42. The summed E-state index contributed by atoms with van der Waals surface area (Å²) in [6.45, 7) is 6.20. The Kier molecular flexibility index (Phi) is 5.05. The predicted molar refractivity (Wildman–Crippen MR) is 80.6 cm³/mol. The van der Waals surface area contributed by atoms with E-state index in [-0.39, 0.29) is 11.4 Å². The van der Waals surface area contributed by atoms with Gasteiger partial charge in [0, 0.05) is 17.0 Å². The van der Waals surface area contributed by atoms with Crippen LogP contribution in [-0.2, 0) is 6.42 Å². The summed E-state index contributed by atoms with van der Waals surface area (Å²) in [5.74, 6) is -0.344. The van der Waals surface area contributed by atoms with Gasteiger partial charge < -0.3 is 5.11 Å². The highest BCUT2D eigenvalue weighted by Gasteiger charge is 2.35. The van der Waals surface area contributed by atoms with E-state index in [1.807, 2.05) is 0 Å². The van der Waals surface area contributed by atoms with Crippen LogP contribution in [0.15, 0.2) is 18.2 Å². The number of hydrogen-bond acceptors (Lipinski definition) is 2. The lowest BCUT2D eigenvalue weighted by Crippen LogP contribution is -2.54. The number of halogens is 2. The van der Waals surface area contributed by atoms with Crippen LogP contribution in [0.1, 0.15) is 38.7 Å². The Morgan fingerprint density at radius 3 is 2.55 bits per heavy atom. The molecule has 2 nitrogen and oxygen atoms in total. The van der Waals surface area contributed by atoms with Crippen molar-refractivity contribution in [3.63, 3.8) is 0 Å². The van der Waals surface area contributed by atoms with Gasteiger partial charge in [-0.2, -0.15) is 0 Å². The summed E-state index contributed by atoms with van der Waals surface area (Å²) in [5.41, 5.74) is 0.503. The van der Waals surface area contributed by atoms with Crippen LogP contribution in [-0.4, -0.2) is 34.7 Å². The van der Waals surface area contributed by atoms with Crippen molar-refractivity contribution in [3.05, 3.63) is 34.6 Å². The van der Waals surface area contributed by atoms with Crippen LogP contribution >= 0.6 is 11.6 Å². The van der Waals surface area contributed by atoms with Gasteiger partial charge >= 0.3 is 0 Å². The second kappa shape index (κ2) is 6.42. The van der Waals surface area contributed by atoms with Gasteiger partial charge in [-0.3, -0.25) is 4.90 Å². The van der Waals surface area contributed by atoms with Gasteiger partial charge in [0.25, 0.3) is 0 Å². The van der Waals surface area contributed by atoms with Crippen molar-refractivity contribution in [3.8, 4) is 0 Å². The Bertz CT molecular complexity index is 458. The molecule has 1 atom stereocenters. The number of likely N-dealkylation sites (tertiary alicyclic amines) is 1. The molecule has 0 saturated carbocycles. The molecule has 1 unspecified atom stereocenters. The van der Waals surface area contributed by atoms with Crippen LogP contribution in [0.2, 0.25) is 5.02 Å². The van der Waals surface area contributed by atoms with E-state index in [2.05, 4.69) is 18.7 Å². The van der Waals surface area contributed by atoms with E-state index in [9.17, 15) is 9.50 Å². The fourth-order valence-electron chi connectivity index (χ4n) is 2.83. The highest BCUT2D eigenvalue weighted by atomic mass is 35.5. The van der Waals surface area contributed by atoms with Gasteiger partial charge in [-0.05, 0) is 57.5 Å². The normalized spacial score (nSPS) is 19.1. The maximum absolute atomic E-state index is 13.1. The number of nitrogens with zero attached hydrogens (tertiary/aromatic N) is 1. The quantitative estimate of drug-likeness (QED) is 0.917. The molecule has 1 saturated heterocycles. The zero-order valence-corrected chi connectivity index (χ0v) is 13.0. The number of aliphatic hydroxyl groups excluding tert-OH is 1. The molecule has 1 aliphatic heterocycles. The molecule has 1 heterocycles. The van der Waals surface area contributed by atoms with Gasteiger partial charge in [0.15, 0.2) is 0 Å². The van der Waals surface area contributed by atoms with Crippen LogP contribution in [0.4, 0.5) is 4.39 Å². The standard InChI is InChI=1S/C16H23ClFNO/c1-16(2,19-8-4-3-5-9-19)15(20)10-12-6-7-13(18)11-14(12)17/h6-7,11,15,20H,3-5,8-10H2,1-2H3. The molecule has 0 aliphatic carbocycles. The molecule has 4 heteroatoms. The number of hydrogen-bond donors (Lipinski definition) is 1. The third-order valence-electron chi connectivity index (χ3n) is 4.41. The topological polar surface area (TPSA) is 23.5 Å². The molecule has 112 valence electrons. The third-order valence-corrected chi connectivity index (χ3v) is 4.77. The molecule has 1 aliphatic rings. The van der Waals surface area contributed by atoms with Crippen LogP contribution in [0.25, 0.3) is 0 Å². The first-order chi connectivity index (χ1) is 9.41. The average molecular weight is 300 g/mol. The van der Waals surface area contributed by atoms with E-state index in [1.165, 1.54) is 31.4 Å². The van der Waals surface area contributed by atoms with Gasteiger partial charge in [0.2, 0.25) is 0 Å². The molecule has 1 aromatic carbocycles. The molecular weight excluding hydrogens is 277 g/mol. The lowest BCUT2D eigenvalue weighted by atomic mass is 9.88. The minimum atomic E-state index is -0.524. The largest absolute Gasteiger partial charge is 0.391 e. The van der Waals surface area contributed by atoms with E-state index < -0.39 is 6.10 Å². The molecule has 0 spiro atoms. The highest BCUT2D eigenvalue weighted by molar-refractivity contribution is 6.31. The Morgan fingerprint density at radius 1 is 1.30 bits per heavy atom. The molecule has 0 aromatic heterocycles. The summed E-state index contributed by atoms with van der Waals surface area (Å²) < 4.78 is 13.1. The van der Waals surface area contributed by atoms with Crippen molar-refractivity contribution in [1.82, 2.24) is 4.90 Å². The summed E-state index contributed by atoms with van der Waals surface area (Å²) in [7, 11) is 0. The van der Waals surface area contributed by atoms with Crippen LogP contribution in [0.3, 0.4) is 0 Å². The zero-order chi connectivity index (χ0) is 14.8. The van der Waals surface area contributed by atoms with Crippen molar-refractivity contribution in [2.24, 2.45) is 0 Å². The van der Waals surface area contributed by atoms with E-state index >= 15 is 0 Å². The molecule has 1 N–H and O–H groups in total. The number of piperidine rings is 1. The summed E-state index contributed by atoms with van der Waals surface area (Å²) in [5, 5.41) is 11.0. The maximum atomic E-state index is 13.1. The van der Waals surface area contributed by atoms with Crippen molar-refractivity contribution in [1.29, 1.82) is 0 Å². The lowest BCUT2D eigenvalue weighted by Gasteiger charge is -2.44. The molecule has 0 radical (unpaired) electrons. The summed E-state index contributed by atoms with van der Waals surface area (Å²) in [6.07, 6.45) is 3.57. The van der Waals surface area contributed by atoms with Gasteiger partial charge in [0.1, 0.15) is 5.82 Å². The second-order valence-electron chi connectivity index (χ2n) is 6.16. The van der Waals surface area contributed by atoms with Gasteiger partial charge in [-0.1, -0.05) is 24.1 Å². The first-order valence-electron chi connectivity index (χ1n) is 7.28. The van der Waals surface area contributed by atoms with E-state index in [4.69, 9.17) is 11.6 Å². The number of rotatable bonds is 4. The van der Waals surface area contributed by atoms with Crippen molar-refractivity contribution in [2.45, 2.75) is 51.2 Å². The van der Waals surface area contributed by atoms with Crippen LogP contribution < -0.4 is 0 Å². The summed E-state index contributed by atoms with van der Waals surface area (Å²) in [4.78, 5) is 2.35. The lowest BCUT2D eigenvalue weighted by molar-refractivity contribution is -0.0187. The molecule has 1 aromatic rings. The first kappa shape index (κ1) is 15.7. The molecule has 1 fully saturated rings. The summed E-state index contributed by atoms with van der Waals surface area (Å²) >= 11 is 6.04. The SMILES string of the molecule is CC(C)(C(O)Cc1ccc(F)cc1Cl)N1CCCCC1. The Hall–Kier alpha value is -0.640. The van der Waals surface area contributed by atoms with Gasteiger partial charge in [-0.15, -0.1) is 0 Å². The van der Waals surface area contributed by atoms with Crippen molar-refractivity contribution >= 4 is 11.6 Å². The predicted octanol–water partition coefficient (Wildman–Crippen LogP) is 3.65. The summed E-state index contributed by atoms with van der Waals surface area (Å²) in [6, 6.07) is 4.35. The molecular formula is C16H23ClFNO. The Labute approximate surface area is 125 Å². The van der Waals surface area contributed by atoms with Gasteiger partial charge in [-0.25, -0.2) is 4.39 Å². The van der Waals surface area contributed by atoms with Gasteiger partial charge in [0.05, 0.1) is 6.10 Å². The Balaban J connectivity index is 2.07. The molecule has 20 heavy (non-hydrogen) atoms. The monoisotopic (exact) mass is 299 g/mol. The van der Waals surface area contributed by atoms with Crippen LogP contribution in [0, 0.1) is 5.82 Å². The highest BCUT2D eigenvalue weighted by Crippen LogP contribution is 2.27. The first-order valence-corrected chi connectivity index (χ1v) is 7.66. The fourth-order valence-corrected chi connectivity index (χ4v) is 3.07. The van der Waals surface area contributed by atoms with Crippen LogP contribution in [0.5, 0.6) is 0 Å². The van der Waals surface area contributed by atoms with E-state index in [1.54, 1.807) is 6.07 Å². The molecule has 0 bridgehead atoms. The number of aliphatic hydroxyl groups is 1. The minimum absolute atomic E-state index is 0.294. The zero-order valence-electron chi connectivity index (χ0n) is 12.2. The maximum Gasteiger partial charge on any atom is 0.124 e. The van der Waals surface area contributed by atoms with E-state index in [0.717, 1.165) is 18.7 Å². The Morgan fingerprint density at radius 2 is 1.95 bits per heavy atom. The smallest absolute Gasteiger partial charge is 0.124 e. The molecule has 0 amide bonds. The molecule has 2 rings (SSSR count).